The van der Waals surface area contributed by atoms with Gasteiger partial charge in [-0.05, 0) is 41.8 Å². The Bertz CT molecular complexity index is 894. The first-order valence-electron chi connectivity index (χ1n) is 8.48. The van der Waals surface area contributed by atoms with E-state index in [0.717, 1.165) is 28.9 Å². The number of hydrogen-bond acceptors (Lipinski definition) is 3. The van der Waals surface area contributed by atoms with E-state index in [2.05, 4.69) is 22.5 Å². The van der Waals surface area contributed by atoms with Crippen molar-refractivity contribution in [2.75, 3.05) is 10.6 Å². The van der Waals surface area contributed by atoms with Crippen LogP contribution in [-0.2, 0) is 13.0 Å². The molecule has 0 saturated carbocycles. The van der Waals surface area contributed by atoms with Crippen LogP contribution in [0.25, 0.3) is 0 Å². The van der Waals surface area contributed by atoms with Gasteiger partial charge in [-0.3, -0.25) is 9.78 Å². The van der Waals surface area contributed by atoms with Crippen molar-refractivity contribution in [3.8, 4) is 0 Å². The molecule has 3 aromatic rings. The van der Waals surface area contributed by atoms with Crippen LogP contribution in [0.1, 0.15) is 28.4 Å². The summed E-state index contributed by atoms with van der Waals surface area (Å²) in [7, 11) is 0. The highest BCUT2D eigenvalue weighted by Crippen LogP contribution is 2.18. The fraction of sp³-hybridized carbons (Fsp3) is 0.143. The fourth-order valence-corrected chi connectivity index (χ4v) is 2.74. The lowest BCUT2D eigenvalue weighted by Gasteiger charge is -2.11. The number of para-hydroxylation sites is 1. The summed E-state index contributed by atoms with van der Waals surface area (Å²) in [6.07, 6.45) is 4.13. The third kappa shape index (κ3) is 4.61. The number of nitrogens with zero attached hydrogens (tertiary/aromatic N) is 1. The van der Waals surface area contributed by atoms with Gasteiger partial charge in [0.2, 0.25) is 0 Å². The first kappa shape index (κ1) is 18.0. The third-order valence-corrected chi connectivity index (χ3v) is 4.31. The van der Waals surface area contributed by atoms with Crippen LogP contribution in [0.2, 0.25) is 5.02 Å². The molecule has 0 fully saturated rings. The maximum Gasteiger partial charge on any atom is 0.257 e. The van der Waals surface area contributed by atoms with Crippen LogP contribution < -0.4 is 10.6 Å². The molecule has 0 aliphatic carbocycles. The van der Waals surface area contributed by atoms with E-state index in [1.165, 1.54) is 0 Å². The number of hydrogen-bond donors (Lipinski definition) is 2. The molecule has 26 heavy (non-hydrogen) atoms. The number of pyridine rings is 1. The van der Waals surface area contributed by atoms with Gasteiger partial charge in [0.1, 0.15) is 0 Å². The molecule has 5 heteroatoms. The van der Waals surface area contributed by atoms with Crippen molar-refractivity contribution < 1.29 is 4.79 Å². The molecule has 2 aromatic carbocycles. The normalized spacial score (nSPS) is 10.4. The molecule has 0 atom stereocenters. The topological polar surface area (TPSA) is 54.0 Å². The predicted molar refractivity (Wildman–Crippen MR) is 107 cm³/mol. The average Bonchev–Trinajstić information content (AvgIpc) is 2.68. The Balaban J connectivity index is 1.68. The maximum absolute atomic E-state index is 12.6. The van der Waals surface area contributed by atoms with Gasteiger partial charge < -0.3 is 10.6 Å². The Morgan fingerprint density at radius 3 is 2.62 bits per heavy atom. The van der Waals surface area contributed by atoms with Gasteiger partial charge in [-0.15, -0.1) is 0 Å². The average molecular weight is 366 g/mol. The summed E-state index contributed by atoms with van der Waals surface area (Å²) >= 11 is 5.90. The summed E-state index contributed by atoms with van der Waals surface area (Å²) in [5.41, 5.74) is 4.33. The molecule has 3 rings (SSSR count). The number of nitrogens with one attached hydrogen (secondary N) is 2. The van der Waals surface area contributed by atoms with E-state index in [1.54, 1.807) is 18.5 Å². The molecule has 0 aliphatic rings. The van der Waals surface area contributed by atoms with Crippen molar-refractivity contribution in [1.82, 2.24) is 4.98 Å². The summed E-state index contributed by atoms with van der Waals surface area (Å²) in [5.74, 6) is -0.173. The van der Waals surface area contributed by atoms with E-state index in [0.29, 0.717) is 17.1 Å². The van der Waals surface area contributed by atoms with Crippen LogP contribution in [-0.4, -0.2) is 10.9 Å². The highest BCUT2D eigenvalue weighted by atomic mass is 35.5. The SMILES string of the molecule is CCc1ccccc1NC(=O)c1cncc(NCc2ccc(Cl)cc2)c1. The number of carbonyl (C=O) groups excluding carboxylic acids is 1. The van der Waals surface area contributed by atoms with Crippen molar-refractivity contribution in [3.63, 3.8) is 0 Å². The molecule has 0 saturated heterocycles. The zero-order chi connectivity index (χ0) is 18.4. The van der Waals surface area contributed by atoms with Crippen molar-refractivity contribution in [1.29, 1.82) is 0 Å². The molecule has 0 radical (unpaired) electrons. The van der Waals surface area contributed by atoms with Crippen molar-refractivity contribution >= 4 is 28.9 Å². The molecular formula is C21H20ClN3O. The van der Waals surface area contributed by atoms with Crippen LogP contribution in [0.3, 0.4) is 0 Å². The van der Waals surface area contributed by atoms with Gasteiger partial charge in [-0.25, -0.2) is 0 Å². The third-order valence-electron chi connectivity index (χ3n) is 4.06. The number of benzene rings is 2. The number of amides is 1. The number of anilines is 2. The summed E-state index contributed by atoms with van der Waals surface area (Å²) in [6.45, 7) is 2.69. The summed E-state index contributed by atoms with van der Waals surface area (Å²) in [6, 6.07) is 17.2. The second-order valence-electron chi connectivity index (χ2n) is 5.91. The van der Waals surface area contributed by atoms with Crippen LogP contribution in [0, 0.1) is 0 Å². The van der Waals surface area contributed by atoms with Crippen molar-refractivity contribution in [2.45, 2.75) is 19.9 Å². The molecule has 132 valence electrons. The van der Waals surface area contributed by atoms with E-state index >= 15 is 0 Å². The number of carbonyl (C=O) groups is 1. The van der Waals surface area contributed by atoms with E-state index < -0.39 is 0 Å². The highest BCUT2D eigenvalue weighted by Gasteiger charge is 2.09. The first-order valence-corrected chi connectivity index (χ1v) is 8.86. The molecule has 4 nitrogen and oxygen atoms in total. The smallest absolute Gasteiger partial charge is 0.257 e. The van der Waals surface area contributed by atoms with Crippen LogP contribution in [0.4, 0.5) is 11.4 Å². The molecule has 0 unspecified atom stereocenters. The monoisotopic (exact) mass is 365 g/mol. The Morgan fingerprint density at radius 1 is 1.08 bits per heavy atom. The molecule has 1 aromatic heterocycles. The van der Waals surface area contributed by atoms with Crippen molar-refractivity contribution in [3.05, 3.63) is 88.7 Å². The Kier molecular flexibility index (Phi) is 5.87. The minimum absolute atomic E-state index is 0.173. The number of halogens is 1. The van der Waals surface area contributed by atoms with Gasteiger partial charge in [0.25, 0.3) is 5.91 Å². The second kappa shape index (κ2) is 8.50. The summed E-state index contributed by atoms with van der Waals surface area (Å²) in [4.78, 5) is 16.7. The Morgan fingerprint density at radius 2 is 1.85 bits per heavy atom. The molecule has 1 amide bonds. The lowest BCUT2D eigenvalue weighted by Crippen LogP contribution is -2.14. The minimum Gasteiger partial charge on any atom is -0.380 e. The van der Waals surface area contributed by atoms with Gasteiger partial charge in [-0.1, -0.05) is 48.9 Å². The number of rotatable bonds is 6. The Hall–Kier alpha value is -2.85. The Labute approximate surface area is 158 Å². The van der Waals surface area contributed by atoms with Gasteiger partial charge in [-0.2, -0.15) is 0 Å². The molecule has 0 spiro atoms. The molecular weight excluding hydrogens is 346 g/mol. The van der Waals surface area contributed by atoms with Gasteiger partial charge in [0.05, 0.1) is 11.3 Å². The zero-order valence-corrected chi connectivity index (χ0v) is 15.3. The number of aryl methyl sites for hydroxylation is 1. The summed E-state index contributed by atoms with van der Waals surface area (Å²) in [5, 5.41) is 6.95. The summed E-state index contributed by atoms with van der Waals surface area (Å²) < 4.78 is 0. The van der Waals surface area contributed by atoms with E-state index in [4.69, 9.17) is 11.6 Å². The van der Waals surface area contributed by atoms with E-state index in [1.807, 2.05) is 48.5 Å². The van der Waals surface area contributed by atoms with Gasteiger partial charge >= 0.3 is 0 Å². The first-order chi connectivity index (χ1) is 12.7. The standard InChI is InChI=1S/C21H20ClN3O/c1-2-16-5-3-4-6-20(16)25-21(26)17-11-19(14-23-13-17)24-12-15-7-9-18(22)10-8-15/h3-11,13-14,24H,2,12H2,1H3,(H,25,26). The van der Waals surface area contributed by atoms with Gasteiger partial charge in [0, 0.05) is 29.6 Å². The zero-order valence-electron chi connectivity index (χ0n) is 14.5. The van der Waals surface area contributed by atoms with E-state index in [-0.39, 0.29) is 5.91 Å². The van der Waals surface area contributed by atoms with Crippen LogP contribution >= 0.6 is 11.6 Å². The lowest BCUT2D eigenvalue weighted by molar-refractivity contribution is 0.102. The maximum atomic E-state index is 12.6. The molecule has 0 aliphatic heterocycles. The van der Waals surface area contributed by atoms with Crippen LogP contribution in [0.5, 0.6) is 0 Å². The predicted octanol–water partition coefficient (Wildman–Crippen LogP) is 5.16. The number of aromatic nitrogens is 1. The van der Waals surface area contributed by atoms with E-state index in [9.17, 15) is 4.79 Å². The largest absolute Gasteiger partial charge is 0.380 e. The minimum atomic E-state index is -0.173. The second-order valence-corrected chi connectivity index (χ2v) is 6.34. The molecule has 1 heterocycles. The van der Waals surface area contributed by atoms with Gasteiger partial charge in [0.15, 0.2) is 0 Å². The van der Waals surface area contributed by atoms with Crippen molar-refractivity contribution in [2.24, 2.45) is 0 Å². The molecule has 0 bridgehead atoms. The highest BCUT2D eigenvalue weighted by molar-refractivity contribution is 6.30. The lowest BCUT2D eigenvalue weighted by atomic mass is 10.1. The fourth-order valence-electron chi connectivity index (χ4n) is 2.61. The molecule has 2 N–H and O–H groups in total. The van der Waals surface area contributed by atoms with Crippen LogP contribution in [0.15, 0.2) is 67.0 Å². The quantitative estimate of drug-likeness (QED) is 0.634.